The molecule has 1 atom stereocenters. The highest BCUT2D eigenvalue weighted by molar-refractivity contribution is 7.89. The van der Waals surface area contributed by atoms with E-state index in [2.05, 4.69) is 10.0 Å². The molecule has 134 valence electrons. The Balaban J connectivity index is 2.58. The van der Waals surface area contributed by atoms with Gasteiger partial charge in [-0.15, -0.1) is 0 Å². The Hall–Kier alpha value is -1.93. The highest BCUT2D eigenvalue weighted by Gasteiger charge is 2.17. The van der Waals surface area contributed by atoms with Gasteiger partial charge in [0.15, 0.2) is 0 Å². The molecule has 0 fully saturated rings. The van der Waals surface area contributed by atoms with Crippen molar-refractivity contribution in [2.75, 3.05) is 12.3 Å². The predicted molar refractivity (Wildman–Crippen MR) is 91.1 cm³/mol. The van der Waals surface area contributed by atoms with Crippen molar-refractivity contribution in [3.8, 4) is 0 Å². The van der Waals surface area contributed by atoms with E-state index in [9.17, 15) is 18.0 Å². The number of nitrogens with one attached hydrogen (secondary N) is 2. The van der Waals surface area contributed by atoms with Crippen LogP contribution in [0.2, 0.25) is 0 Å². The van der Waals surface area contributed by atoms with Gasteiger partial charge in [0.05, 0.1) is 11.7 Å². The van der Waals surface area contributed by atoms with Gasteiger partial charge in [0.25, 0.3) is 5.91 Å². The second kappa shape index (κ2) is 9.39. The standard InChI is InChI=1S/C16H24N2O5S/c1-3-5-14(16(20)21)11-17-15(19)13-8-6-12(7-9-13)10-18-24(22,23)4-2/h6-9,14,18H,3-5,10-11H2,1-2H3,(H,17,19)(H,20,21). The molecule has 3 N–H and O–H groups in total. The summed E-state index contributed by atoms with van der Waals surface area (Å²) < 4.78 is 25.2. The lowest BCUT2D eigenvalue weighted by Crippen LogP contribution is -2.32. The van der Waals surface area contributed by atoms with Crippen LogP contribution in [0.25, 0.3) is 0 Å². The number of carboxylic acid groups (broad SMARTS) is 1. The molecule has 1 aromatic rings. The fourth-order valence-corrected chi connectivity index (χ4v) is 2.64. The van der Waals surface area contributed by atoms with Gasteiger partial charge in [-0.25, -0.2) is 13.1 Å². The number of carbonyl (C=O) groups is 2. The predicted octanol–water partition coefficient (Wildman–Crippen LogP) is 1.36. The number of hydrogen-bond acceptors (Lipinski definition) is 4. The first kappa shape index (κ1) is 20.1. The second-order valence-corrected chi connectivity index (χ2v) is 7.55. The molecule has 1 aromatic carbocycles. The minimum atomic E-state index is -3.26. The van der Waals surface area contributed by atoms with Gasteiger partial charge in [-0.05, 0) is 31.0 Å². The number of aliphatic carboxylic acids is 1. The van der Waals surface area contributed by atoms with E-state index < -0.39 is 21.9 Å². The van der Waals surface area contributed by atoms with Crippen molar-refractivity contribution < 1.29 is 23.1 Å². The summed E-state index contributed by atoms with van der Waals surface area (Å²) in [5, 5.41) is 11.7. The molecule has 0 aromatic heterocycles. The first-order valence-corrected chi connectivity index (χ1v) is 9.51. The van der Waals surface area contributed by atoms with Crippen LogP contribution in [0.15, 0.2) is 24.3 Å². The van der Waals surface area contributed by atoms with Gasteiger partial charge in [-0.3, -0.25) is 9.59 Å². The Labute approximate surface area is 142 Å². The summed E-state index contributed by atoms with van der Waals surface area (Å²) in [6.07, 6.45) is 1.24. The number of sulfonamides is 1. The van der Waals surface area contributed by atoms with Crippen LogP contribution in [0.1, 0.15) is 42.6 Å². The van der Waals surface area contributed by atoms with Crippen LogP contribution in [0.3, 0.4) is 0 Å². The zero-order valence-corrected chi connectivity index (χ0v) is 14.7. The van der Waals surface area contributed by atoms with Crippen molar-refractivity contribution in [2.24, 2.45) is 5.92 Å². The highest BCUT2D eigenvalue weighted by Crippen LogP contribution is 2.08. The maximum absolute atomic E-state index is 12.0. The summed E-state index contributed by atoms with van der Waals surface area (Å²) in [5.74, 6) is -1.86. The first-order chi connectivity index (χ1) is 11.3. The molecule has 7 nitrogen and oxygen atoms in total. The molecule has 0 spiro atoms. The van der Waals surface area contributed by atoms with Crippen LogP contribution in [0.4, 0.5) is 0 Å². The third-order valence-electron chi connectivity index (χ3n) is 3.59. The van der Waals surface area contributed by atoms with Crippen molar-refractivity contribution >= 4 is 21.9 Å². The molecule has 1 rings (SSSR count). The summed E-state index contributed by atoms with van der Waals surface area (Å²) in [4.78, 5) is 23.1. The number of amides is 1. The maximum Gasteiger partial charge on any atom is 0.308 e. The van der Waals surface area contributed by atoms with E-state index in [-0.39, 0.29) is 24.7 Å². The smallest absolute Gasteiger partial charge is 0.308 e. The van der Waals surface area contributed by atoms with E-state index in [1.165, 1.54) is 0 Å². The molecule has 1 amide bonds. The van der Waals surface area contributed by atoms with Gasteiger partial charge in [-0.1, -0.05) is 25.5 Å². The van der Waals surface area contributed by atoms with Gasteiger partial charge < -0.3 is 10.4 Å². The molecule has 0 aliphatic carbocycles. The Morgan fingerprint density at radius 3 is 2.29 bits per heavy atom. The number of carbonyl (C=O) groups excluding carboxylic acids is 1. The van der Waals surface area contributed by atoms with E-state index in [0.717, 1.165) is 12.0 Å². The summed E-state index contributed by atoms with van der Waals surface area (Å²) >= 11 is 0. The van der Waals surface area contributed by atoms with Gasteiger partial charge in [0.1, 0.15) is 0 Å². The van der Waals surface area contributed by atoms with Crippen molar-refractivity contribution in [1.82, 2.24) is 10.0 Å². The Morgan fingerprint density at radius 1 is 1.17 bits per heavy atom. The summed E-state index contributed by atoms with van der Waals surface area (Å²) in [5.41, 5.74) is 1.13. The number of carboxylic acids is 1. The number of hydrogen-bond donors (Lipinski definition) is 3. The van der Waals surface area contributed by atoms with Gasteiger partial charge in [-0.2, -0.15) is 0 Å². The molecule has 0 saturated carbocycles. The van der Waals surface area contributed by atoms with Gasteiger partial charge in [0.2, 0.25) is 10.0 Å². The lowest BCUT2D eigenvalue weighted by atomic mass is 10.0. The molecule has 0 heterocycles. The van der Waals surface area contributed by atoms with E-state index in [0.29, 0.717) is 12.0 Å². The lowest BCUT2D eigenvalue weighted by Gasteiger charge is -2.12. The van der Waals surface area contributed by atoms with Crippen LogP contribution < -0.4 is 10.0 Å². The zero-order valence-electron chi connectivity index (χ0n) is 13.9. The molecular formula is C16H24N2O5S. The second-order valence-electron chi connectivity index (χ2n) is 5.46. The topological polar surface area (TPSA) is 113 Å². The summed E-state index contributed by atoms with van der Waals surface area (Å²) in [7, 11) is -3.26. The molecule has 0 saturated heterocycles. The normalized spacial score (nSPS) is 12.6. The maximum atomic E-state index is 12.0. The van der Waals surface area contributed by atoms with Crippen LogP contribution in [-0.2, 0) is 21.4 Å². The summed E-state index contributed by atoms with van der Waals surface area (Å²) in [6, 6.07) is 6.49. The third-order valence-corrected chi connectivity index (χ3v) is 4.93. The number of rotatable bonds is 10. The molecule has 1 unspecified atom stereocenters. The average molecular weight is 356 g/mol. The minimum absolute atomic E-state index is 0.00991. The molecular weight excluding hydrogens is 332 g/mol. The van der Waals surface area contributed by atoms with Crippen LogP contribution in [0, 0.1) is 5.92 Å². The highest BCUT2D eigenvalue weighted by atomic mass is 32.2. The fraction of sp³-hybridized carbons (Fsp3) is 0.500. The SMILES string of the molecule is CCCC(CNC(=O)c1ccc(CNS(=O)(=O)CC)cc1)C(=O)O. The largest absolute Gasteiger partial charge is 0.481 e. The van der Waals surface area contributed by atoms with Gasteiger partial charge >= 0.3 is 5.97 Å². The van der Waals surface area contributed by atoms with E-state index in [4.69, 9.17) is 5.11 Å². The molecule has 0 bridgehead atoms. The quantitative estimate of drug-likeness (QED) is 0.586. The minimum Gasteiger partial charge on any atom is -0.481 e. The molecule has 8 heteroatoms. The van der Waals surface area contributed by atoms with Crippen LogP contribution in [0.5, 0.6) is 0 Å². The van der Waals surface area contributed by atoms with Gasteiger partial charge in [0, 0.05) is 18.7 Å². The first-order valence-electron chi connectivity index (χ1n) is 7.86. The Morgan fingerprint density at radius 2 is 1.79 bits per heavy atom. The Bertz CT molecular complexity index is 656. The van der Waals surface area contributed by atoms with Crippen molar-refractivity contribution in [1.29, 1.82) is 0 Å². The fourth-order valence-electron chi connectivity index (χ4n) is 2.05. The Kier molecular flexibility index (Phi) is 7.87. The van der Waals surface area contributed by atoms with Crippen LogP contribution >= 0.6 is 0 Å². The molecule has 0 radical (unpaired) electrons. The zero-order chi connectivity index (χ0) is 18.2. The summed E-state index contributed by atoms with van der Waals surface area (Å²) in [6.45, 7) is 3.69. The molecule has 24 heavy (non-hydrogen) atoms. The third kappa shape index (κ3) is 6.67. The molecule has 0 aliphatic heterocycles. The van der Waals surface area contributed by atoms with E-state index in [1.807, 2.05) is 6.92 Å². The van der Waals surface area contributed by atoms with Crippen molar-refractivity contribution in [2.45, 2.75) is 33.2 Å². The van der Waals surface area contributed by atoms with E-state index >= 15 is 0 Å². The number of benzene rings is 1. The van der Waals surface area contributed by atoms with Crippen LogP contribution in [-0.4, -0.2) is 37.7 Å². The molecule has 0 aliphatic rings. The average Bonchev–Trinajstić information content (AvgIpc) is 2.56. The monoisotopic (exact) mass is 356 g/mol. The lowest BCUT2D eigenvalue weighted by molar-refractivity contribution is -0.141. The van der Waals surface area contributed by atoms with E-state index in [1.54, 1.807) is 31.2 Å². The van der Waals surface area contributed by atoms with Crippen molar-refractivity contribution in [3.05, 3.63) is 35.4 Å². The van der Waals surface area contributed by atoms with Crippen molar-refractivity contribution in [3.63, 3.8) is 0 Å².